The molecule has 3 N–H and O–H groups in total. The van der Waals surface area contributed by atoms with Crippen molar-refractivity contribution in [3.8, 4) is 0 Å². The Labute approximate surface area is 116 Å². The minimum atomic E-state index is -1.14. The molecule has 0 aliphatic rings. The lowest BCUT2D eigenvalue weighted by molar-refractivity contribution is 0.0698. The van der Waals surface area contributed by atoms with Crippen molar-refractivity contribution in [2.24, 2.45) is 0 Å². The first-order valence-corrected chi connectivity index (χ1v) is 6.00. The summed E-state index contributed by atoms with van der Waals surface area (Å²) in [6, 6.07) is 4.59. The fraction of sp³-hybridized carbons (Fsp3) is 0.0909. The Kier molecular flexibility index (Phi) is 3.61. The largest absolute Gasteiger partial charge is 0.478 e. The number of para-hydroxylation sites is 1. The van der Waals surface area contributed by atoms with Gasteiger partial charge in [0.25, 0.3) is 5.91 Å². The van der Waals surface area contributed by atoms with E-state index in [1.807, 2.05) is 0 Å². The number of nitrogens with one attached hydrogen (secondary N) is 2. The highest BCUT2D eigenvalue weighted by molar-refractivity contribution is 9.10. The number of anilines is 1. The molecule has 98 valence electrons. The maximum Gasteiger partial charge on any atom is 0.337 e. The predicted molar refractivity (Wildman–Crippen MR) is 70.2 cm³/mol. The van der Waals surface area contributed by atoms with Crippen LogP contribution in [0.2, 0.25) is 0 Å². The van der Waals surface area contributed by atoms with Crippen molar-refractivity contribution in [1.29, 1.82) is 0 Å². The van der Waals surface area contributed by atoms with Crippen LogP contribution in [0, 0.1) is 6.92 Å². The van der Waals surface area contributed by atoms with Crippen molar-refractivity contribution < 1.29 is 14.7 Å². The van der Waals surface area contributed by atoms with Gasteiger partial charge in [0.1, 0.15) is 5.82 Å². The minimum Gasteiger partial charge on any atom is -0.478 e. The van der Waals surface area contributed by atoms with Crippen LogP contribution in [0.3, 0.4) is 0 Å². The Bertz CT molecular complexity index is 653. The third-order valence-corrected chi connectivity index (χ3v) is 2.94. The number of hydrogen-bond donors (Lipinski definition) is 3. The smallest absolute Gasteiger partial charge is 0.337 e. The second kappa shape index (κ2) is 5.19. The molecular weight excluding hydrogens is 316 g/mol. The van der Waals surface area contributed by atoms with E-state index < -0.39 is 11.9 Å². The summed E-state index contributed by atoms with van der Waals surface area (Å²) in [5.41, 5.74) is 0.150. The van der Waals surface area contributed by atoms with Crippen LogP contribution in [-0.2, 0) is 0 Å². The monoisotopic (exact) mass is 324 g/mol. The van der Waals surface area contributed by atoms with Gasteiger partial charge < -0.3 is 10.4 Å². The molecule has 0 atom stereocenters. The third kappa shape index (κ3) is 2.79. The lowest BCUT2D eigenvalue weighted by Crippen LogP contribution is -2.16. The van der Waals surface area contributed by atoms with E-state index in [1.165, 1.54) is 6.07 Å². The van der Waals surface area contributed by atoms with Crippen molar-refractivity contribution >= 4 is 33.5 Å². The van der Waals surface area contributed by atoms with Crippen molar-refractivity contribution in [3.63, 3.8) is 0 Å². The predicted octanol–water partition coefficient (Wildman–Crippen LogP) is 1.83. The number of carbonyl (C=O) groups is 2. The zero-order valence-electron chi connectivity index (χ0n) is 9.77. The highest BCUT2D eigenvalue weighted by Gasteiger charge is 2.18. The normalized spacial score (nSPS) is 10.2. The van der Waals surface area contributed by atoms with Gasteiger partial charge >= 0.3 is 5.97 Å². The fourth-order valence-electron chi connectivity index (χ4n) is 1.44. The number of aromatic carboxylic acids is 1. The Hall–Kier alpha value is -2.22. The van der Waals surface area contributed by atoms with E-state index in [9.17, 15) is 9.59 Å². The molecule has 0 spiro atoms. The van der Waals surface area contributed by atoms with Gasteiger partial charge in [0.15, 0.2) is 0 Å². The Morgan fingerprint density at radius 3 is 2.74 bits per heavy atom. The Morgan fingerprint density at radius 1 is 1.42 bits per heavy atom. The van der Waals surface area contributed by atoms with Gasteiger partial charge in [0, 0.05) is 4.47 Å². The molecule has 0 bridgehead atoms. The maximum atomic E-state index is 11.9. The molecule has 7 nitrogen and oxygen atoms in total. The molecule has 1 aromatic carbocycles. The highest BCUT2D eigenvalue weighted by Crippen LogP contribution is 2.26. The molecule has 2 aromatic rings. The number of amides is 1. The number of H-pyrrole nitrogens is 1. The molecule has 1 heterocycles. The van der Waals surface area contributed by atoms with Crippen LogP contribution in [0.25, 0.3) is 0 Å². The molecule has 2 rings (SSSR count). The molecule has 0 radical (unpaired) electrons. The van der Waals surface area contributed by atoms with E-state index >= 15 is 0 Å². The van der Waals surface area contributed by atoms with Gasteiger partial charge in [-0.1, -0.05) is 6.07 Å². The van der Waals surface area contributed by atoms with Crippen LogP contribution in [0.4, 0.5) is 5.69 Å². The van der Waals surface area contributed by atoms with Gasteiger partial charge in [-0.3, -0.25) is 9.89 Å². The quantitative estimate of drug-likeness (QED) is 0.798. The number of nitrogens with zero attached hydrogens (tertiary/aromatic N) is 2. The van der Waals surface area contributed by atoms with Crippen LogP contribution in [0.5, 0.6) is 0 Å². The van der Waals surface area contributed by atoms with Crippen molar-refractivity contribution in [1.82, 2.24) is 15.2 Å². The van der Waals surface area contributed by atoms with Gasteiger partial charge in [0.2, 0.25) is 5.82 Å². The van der Waals surface area contributed by atoms with Gasteiger partial charge in [0.05, 0.1) is 11.3 Å². The van der Waals surface area contributed by atoms with Crippen molar-refractivity contribution in [2.45, 2.75) is 6.92 Å². The summed E-state index contributed by atoms with van der Waals surface area (Å²) in [6.07, 6.45) is 0. The molecule has 1 aromatic heterocycles. The number of rotatable bonds is 3. The summed E-state index contributed by atoms with van der Waals surface area (Å²) in [5.74, 6) is -1.28. The summed E-state index contributed by atoms with van der Waals surface area (Å²) < 4.78 is 0.466. The number of carboxylic acids is 1. The zero-order chi connectivity index (χ0) is 14.0. The number of carboxylic acid groups (broad SMARTS) is 1. The standard InChI is InChI=1S/C11H9BrN4O3/c1-5-13-9(16-15-5)10(17)14-8-6(11(18)19)3-2-4-7(8)12/h2-4H,1H3,(H,14,17)(H,18,19)(H,13,15,16). The molecule has 0 aliphatic carbocycles. The molecular formula is C11H9BrN4O3. The molecule has 8 heteroatoms. The zero-order valence-corrected chi connectivity index (χ0v) is 11.4. The summed E-state index contributed by atoms with van der Waals surface area (Å²) in [4.78, 5) is 26.8. The van der Waals surface area contributed by atoms with Gasteiger partial charge in [-0.25, -0.2) is 9.78 Å². The van der Waals surface area contributed by atoms with E-state index in [0.29, 0.717) is 10.3 Å². The number of hydrogen-bond acceptors (Lipinski definition) is 4. The van der Waals surface area contributed by atoms with Crippen LogP contribution >= 0.6 is 15.9 Å². The van der Waals surface area contributed by atoms with Crippen LogP contribution in [0.15, 0.2) is 22.7 Å². The molecule has 0 aliphatic heterocycles. The van der Waals surface area contributed by atoms with Crippen LogP contribution < -0.4 is 5.32 Å². The second-order valence-electron chi connectivity index (χ2n) is 3.67. The first-order chi connectivity index (χ1) is 8.99. The molecule has 1 amide bonds. The SMILES string of the molecule is Cc1nc(C(=O)Nc2c(Br)cccc2C(=O)O)n[nH]1. The molecule has 0 fully saturated rings. The van der Waals surface area contributed by atoms with E-state index in [2.05, 4.69) is 36.4 Å². The average Bonchev–Trinajstić information content (AvgIpc) is 2.78. The maximum absolute atomic E-state index is 11.9. The van der Waals surface area contributed by atoms with E-state index in [4.69, 9.17) is 5.11 Å². The Balaban J connectivity index is 2.33. The number of aryl methyl sites for hydroxylation is 1. The second-order valence-corrected chi connectivity index (χ2v) is 4.52. The molecule has 0 saturated carbocycles. The summed E-state index contributed by atoms with van der Waals surface area (Å²) in [6.45, 7) is 1.66. The fourth-order valence-corrected chi connectivity index (χ4v) is 1.91. The van der Waals surface area contributed by atoms with E-state index in [1.54, 1.807) is 19.1 Å². The van der Waals surface area contributed by atoms with Gasteiger partial charge in [-0.05, 0) is 35.0 Å². The first kappa shape index (κ1) is 13.2. The van der Waals surface area contributed by atoms with E-state index in [-0.39, 0.29) is 17.1 Å². The van der Waals surface area contributed by atoms with E-state index in [0.717, 1.165) is 0 Å². The molecule has 0 saturated heterocycles. The van der Waals surface area contributed by atoms with Crippen molar-refractivity contribution in [3.05, 3.63) is 39.9 Å². The van der Waals surface area contributed by atoms with Crippen molar-refractivity contribution in [2.75, 3.05) is 5.32 Å². The topological polar surface area (TPSA) is 108 Å². The molecule has 0 unspecified atom stereocenters. The number of aromatic amines is 1. The summed E-state index contributed by atoms with van der Waals surface area (Å²) >= 11 is 3.20. The Morgan fingerprint density at radius 2 is 2.16 bits per heavy atom. The number of carbonyl (C=O) groups excluding carboxylic acids is 1. The minimum absolute atomic E-state index is 0.0185. The summed E-state index contributed by atoms with van der Waals surface area (Å²) in [5, 5.41) is 17.8. The lowest BCUT2D eigenvalue weighted by atomic mass is 10.2. The van der Waals surface area contributed by atoms with Crippen LogP contribution in [0.1, 0.15) is 26.8 Å². The van der Waals surface area contributed by atoms with Gasteiger partial charge in [-0.2, -0.15) is 0 Å². The third-order valence-electron chi connectivity index (χ3n) is 2.28. The van der Waals surface area contributed by atoms with Gasteiger partial charge in [-0.15, -0.1) is 5.10 Å². The number of benzene rings is 1. The van der Waals surface area contributed by atoms with Crippen LogP contribution in [-0.4, -0.2) is 32.2 Å². The first-order valence-electron chi connectivity index (χ1n) is 5.21. The summed E-state index contributed by atoms with van der Waals surface area (Å²) in [7, 11) is 0. The lowest BCUT2D eigenvalue weighted by Gasteiger charge is -2.08. The molecule has 19 heavy (non-hydrogen) atoms. The highest BCUT2D eigenvalue weighted by atomic mass is 79.9. The number of halogens is 1. The number of aromatic nitrogens is 3. The average molecular weight is 325 g/mol.